The van der Waals surface area contributed by atoms with Gasteiger partial charge in [-0.3, -0.25) is 24.9 Å². The van der Waals surface area contributed by atoms with Crippen LogP contribution in [0.2, 0.25) is 0 Å². The molecule has 32 heavy (non-hydrogen) atoms. The number of hydrogen-bond donors (Lipinski definition) is 3. The van der Waals surface area contributed by atoms with E-state index in [1.165, 1.54) is 24.3 Å². The summed E-state index contributed by atoms with van der Waals surface area (Å²) in [6.45, 7) is 5.33. The highest BCUT2D eigenvalue weighted by atomic mass is 16.6. The topological polar surface area (TPSA) is 151 Å². The second-order valence-electron chi connectivity index (χ2n) is 7.44. The van der Waals surface area contributed by atoms with Crippen molar-refractivity contribution in [3.63, 3.8) is 0 Å². The Morgan fingerprint density at radius 1 is 1.16 bits per heavy atom. The molecule has 10 heteroatoms. The van der Waals surface area contributed by atoms with Gasteiger partial charge in [0.2, 0.25) is 5.88 Å². The van der Waals surface area contributed by atoms with Gasteiger partial charge in [-0.2, -0.15) is 0 Å². The van der Waals surface area contributed by atoms with Gasteiger partial charge in [0, 0.05) is 18.3 Å². The number of non-ortho nitro benzene ring substituents is 1. The van der Waals surface area contributed by atoms with Gasteiger partial charge in [0.15, 0.2) is 0 Å². The van der Waals surface area contributed by atoms with Gasteiger partial charge in [-0.25, -0.2) is 9.36 Å². The van der Waals surface area contributed by atoms with Crippen LogP contribution in [0, 0.1) is 30.9 Å². The minimum Gasteiger partial charge on any atom is -0.493 e. The van der Waals surface area contributed by atoms with E-state index in [0.29, 0.717) is 11.3 Å². The summed E-state index contributed by atoms with van der Waals surface area (Å²) < 4.78 is 1.01. The number of nitrogens with one attached hydrogen (secondary N) is 1. The van der Waals surface area contributed by atoms with Crippen molar-refractivity contribution >= 4 is 11.9 Å². The Morgan fingerprint density at radius 3 is 2.31 bits per heavy atom. The number of aliphatic imine (C=N–C) groups is 1. The summed E-state index contributed by atoms with van der Waals surface area (Å²) in [5.41, 5.74) is 1.38. The number of nitrogens with zero attached hydrogens (tertiary/aromatic N) is 3. The first-order chi connectivity index (χ1) is 15.1. The molecular formula is C22H22N4O6. The number of nitro benzene ring substituents is 1. The van der Waals surface area contributed by atoms with E-state index in [4.69, 9.17) is 0 Å². The van der Waals surface area contributed by atoms with Crippen molar-refractivity contribution in [1.82, 2.24) is 9.55 Å². The molecule has 0 bridgehead atoms. The van der Waals surface area contributed by atoms with Crippen LogP contribution in [-0.2, 0) is 0 Å². The highest BCUT2D eigenvalue weighted by Crippen LogP contribution is 2.24. The van der Waals surface area contributed by atoms with E-state index in [9.17, 15) is 29.9 Å². The molecule has 0 fully saturated rings. The Labute approximate surface area is 182 Å². The van der Waals surface area contributed by atoms with Crippen molar-refractivity contribution in [2.24, 2.45) is 4.99 Å². The molecule has 0 saturated heterocycles. The van der Waals surface area contributed by atoms with E-state index in [2.05, 4.69) is 9.98 Å². The highest BCUT2D eigenvalue weighted by Gasteiger charge is 2.18. The number of aliphatic hydroxyl groups excluding tert-OH is 1. The molecule has 0 unspecified atom stereocenters. The van der Waals surface area contributed by atoms with Gasteiger partial charge in [0.05, 0.1) is 23.3 Å². The van der Waals surface area contributed by atoms with Gasteiger partial charge < -0.3 is 10.2 Å². The summed E-state index contributed by atoms with van der Waals surface area (Å²) in [7, 11) is 0. The second-order valence-corrected chi connectivity index (χ2v) is 7.44. The molecule has 2 aromatic carbocycles. The van der Waals surface area contributed by atoms with Crippen LogP contribution < -0.4 is 11.2 Å². The lowest BCUT2D eigenvalue weighted by Gasteiger charge is -2.15. The van der Waals surface area contributed by atoms with Crippen molar-refractivity contribution in [2.45, 2.75) is 26.9 Å². The molecule has 3 aromatic rings. The fourth-order valence-electron chi connectivity index (χ4n) is 3.55. The minimum absolute atomic E-state index is 0.107. The molecule has 3 rings (SSSR count). The first kappa shape index (κ1) is 22.6. The number of hydrogen-bond acceptors (Lipinski definition) is 7. The lowest BCUT2D eigenvalue weighted by Crippen LogP contribution is -2.32. The third-order valence-corrected chi connectivity index (χ3v) is 4.97. The van der Waals surface area contributed by atoms with E-state index in [1.807, 2.05) is 19.1 Å². The molecule has 1 atom stereocenters. The quantitative estimate of drug-likeness (QED) is 0.305. The predicted octanol–water partition coefficient (Wildman–Crippen LogP) is 2.22. The maximum atomic E-state index is 12.5. The number of aromatic hydroxyl groups is 1. The zero-order chi connectivity index (χ0) is 23.6. The molecule has 0 aliphatic carbocycles. The molecule has 1 aromatic heterocycles. The van der Waals surface area contributed by atoms with Crippen LogP contribution in [0.4, 0.5) is 5.69 Å². The standard InChI is InChI=1S/C22H22N4O6/c1-12-8-13(2)19(14(3)9-12)25-21(29)17(20(28)24-22(25)30)10-23-11-18(27)15-4-6-16(7-5-15)26(31)32/h4-10,18,27,29H,11H2,1-3H3,(H,24,28,30)/t18-/m1/s1. The molecule has 0 radical (unpaired) electrons. The van der Waals surface area contributed by atoms with Crippen molar-refractivity contribution in [3.05, 3.63) is 95.2 Å². The van der Waals surface area contributed by atoms with Gasteiger partial charge in [-0.1, -0.05) is 17.7 Å². The van der Waals surface area contributed by atoms with Crippen LogP contribution in [0.3, 0.4) is 0 Å². The number of aliphatic hydroxyl groups is 1. The van der Waals surface area contributed by atoms with Crippen molar-refractivity contribution in [1.29, 1.82) is 0 Å². The zero-order valence-corrected chi connectivity index (χ0v) is 17.7. The van der Waals surface area contributed by atoms with Gasteiger partial charge in [0.1, 0.15) is 5.56 Å². The normalized spacial score (nSPS) is 12.2. The van der Waals surface area contributed by atoms with Crippen molar-refractivity contribution in [2.75, 3.05) is 6.54 Å². The Morgan fingerprint density at radius 2 is 1.75 bits per heavy atom. The largest absolute Gasteiger partial charge is 0.493 e. The van der Waals surface area contributed by atoms with E-state index in [-0.39, 0.29) is 17.8 Å². The summed E-state index contributed by atoms with van der Waals surface area (Å²) in [4.78, 5) is 41.1. The molecule has 0 spiro atoms. The number of H-pyrrole nitrogens is 1. The smallest absolute Gasteiger partial charge is 0.335 e. The third-order valence-electron chi connectivity index (χ3n) is 4.97. The summed E-state index contributed by atoms with van der Waals surface area (Å²) in [5.74, 6) is -0.567. The van der Waals surface area contributed by atoms with Crippen LogP contribution in [0.25, 0.3) is 5.69 Å². The SMILES string of the molecule is Cc1cc(C)c(-n2c(O)c(C=NC[C@@H](O)c3ccc([N+](=O)[O-])cc3)c(=O)[nH]c2=O)c(C)c1. The maximum absolute atomic E-state index is 12.5. The number of benzene rings is 2. The summed E-state index contributed by atoms with van der Waals surface area (Å²) in [6.07, 6.45) is -0.00169. The molecule has 0 saturated carbocycles. The Bertz CT molecular complexity index is 1300. The van der Waals surface area contributed by atoms with Crippen LogP contribution >= 0.6 is 0 Å². The average molecular weight is 438 g/mol. The van der Waals surface area contributed by atoms with E-state index in [0.717, 1.165) is 27.5 Å². The van der Waals surface area contributed by atoms with Crippen molar-refractivity contribution in [3.8, 4) is 11.6 Å². The van der Waals surface area contributed by atoms with Crippen molar-refractivity contribution < 1.29 is 15.1 Å². The van der Waals surface area contributed by atoms with Gasteiger partial charge in [-0.05, 0) is 49.6 Å². The molecule has 0 aliphatic rings. The minimum atomic E-state index is -1.08. The molecule has 166 valence electrons. The Kier molecular flexibility index (Phi) is 6.35. The molecule has 10 nitrogen and oxygen atoms in total. The van der Waals surface area contributed by atoms with Crippen LogP contribution in [-0.4, -0.2) is 37.4 Å². The van der Waals surface area contributed by atoms with Crippen LogP contribution in [0.1, 0.15) is 33.9 Å². The van der Waals surface area contributed by atoms with E-state index >= 15 is 0 Å². The summed E-state index contributed by atoms with van der Waals surface area (Å²) in [6, 6.07) is 9.06. The fraction of sp³-hybridized carbons (Fsp3) is 0.227. The predicted molar refractivity (Wildman–Crippen MR) is 119 cm³/mol. The first-order valence-electron chi connectivity index (χ1n) is 9.69. The number of aromatic nitrogens is 2. The second kappa shape index (κ2) is 8.98. The zero-order valence-electron chi connectivity index (χ0n) is 17.7. The van der Waals surface area contributed by atoms with E-state index in [1.54, 1.807) is 13.8 Å². The highest BCUT2D eigenvalue weighted by molar-refractivity contribution is 5.82. The first-order valence-corrected chi connectivity index (χ1v) is 9.69. The number of rotatable bonds is 6. The summed E-state index contributed by atoms with van der Waals surface area (Å²) >= 11 is 0. The molecular weight excluding hydrogens is 416 g/mol. The van der Waals surface area contributed by atoms with Crippen LogP contribution in [0.5, 0.6) is 5.88 Å². The lowest BCUT2D eigenvalue weighted by molar-refractivity contribution is -0.384. The molecule has 3 N–H and O–H groups in total. The van der Waals surface area contributed by atoms with Gasteiger partial charge >= 0.3 is 5.69 Å². The molecule has 0 amide bonds. The Balaban J connectivity index is 1.93. The average Bonchev–Trinajstić information content (AvgIpc) is 2.72. The number of aryl methyl sites for hydroxylation is 3. The van der Waals surface area contributed by atoms with E-state index < -0.39 is 28.2 Å². The third kappa shape index (κ3) is 4.49. The monoisotopic (exact) mass is 438 g/mol. The molecule has 0 aliphatic heterocycles. The number of aromatic amines is 1. The summed E-state index contributed by atoms with van der Waals surface area (Å²) in [5, 5.41) is 31.7. The maximum Gasteiger partial charge on any atom is 0.335 e. The van der Waals surface area contributed by atoms with Gasteiger partial charge in [0.25, 0.3) is 11.2 Å². The lowest BCUT2D eigenvalue weighted by atomic mass is 10.0. The number of nitro groups is 1. The molecule has 1 heterocycles. The van der Waals surface area contributed by atoms with Crippen LogP contribution in [0.15, 0.2) is 51.0 Å². The Hall–Kier alpha value is -4.05. The van der Waals surface area contributed by atoms with Gasteiger partial charge in [-0.15, -0.1) is 0 Å². The fourth-order valence-corrected chi connectivity index (χ4v) is 3.55.